The van der Waals surface area contributed by atoms with Gasteiger partial charge in [0.25, 0.3) is 5.91 Å². The lowest BCUT2D eigenvalue weighted by atomic mass is 9.94. The Bertz CT molecular complexity index is 1820. The predicted molar refractivity (Wildman–Crippen MR) is 258 cm³/mol. The van der Waals surface area contributed by atoms with E-state index in [-0.39, 0.29) is 68.6 Å². The Kier molecular flexibility index (Phi) is 24.9. The van der Waals surface area contributed by atoms with E-state index in [1.807, 2.05) is 47.6 Å². The number of nitriles is 1. The van der Waals surface area contributed by atoms with Gasteiger partial charge in [0.1, 0.15) is 42.0 Å². The molecule has 1 aromatic carbocycles. The lowest BCUT2D eigenvalue weighted by molar-refractivity contribution is -0.163. The van der Waals surface area contributed by atoms with Crippen molar-refractivity contribution in [1.29, 1.82) is 5.26 Å². The molecule has 1 aromatic rings. The Morgan fingerprint density at radius 1 is 0.657 bits per heavy atom. The Balaban J connectivity index is 2.93. The van der Waals surface area contributed by atoms with Crippen molar-refractivity contribution in [2.45, 2.75) is 188 Å². The number of cyclic esters (lactones) is 1. The molecule has 3 N–H and O–H groups in total. The molecule has 1 saturated heterocycles. The molecule has 376 valence electrons. The third-order valence-corrected chi connectivity index (χ3v) is 12.8. The van der Waals surface area contributed by atoms with Crippen LogP contribution in [0.4, 0.5) is 0 Å². The van der Waals surface area contributed by atoms with Crippen LogP contribution in [0.1, 0.15) is 145 Å². The summed E-state index contributed by atoms with van der Waals surface area (Å²) in [5.74, 6) is -4.20. The molecule has 67 heavy (non-hydrogen) atoms. The molecule has 16 nitrogen and oxygen atoms in total. The highest BCUT2D eigenvalue weighted by molar-refractivity contribution is 5.97. The van der Waals surface area contributed by atoms with Crippen LogP contribution >= 0.6 is 0 Å². The molecule has 6 amide bonds. The van der Waals surface area contributed by atoms with Gasteiger partial charge in [-0.25, -0.2) is 4.79 Å². The lowest BCUT2D eigenvalue weighted by Gasteiger charge is -2.35. The van der Waals surface area contributed by atoms with Crippen molar-refractivity contribution in [3.63, 3.8) is 0 Å². The minimum atomic E-state index is -1.49. The summed E-state index contributed by atoms with van der Waals surface area (Å²) in [6.45, 7) is 17.2. The third-order valence-electron chi connectivity index (χ3n) is 12.8. The number of methoxy groups -OCH3 is 1. The minimum absolute atomic E-state index is 0.0271. The van der Waals surface area contributed by atoms with Gasteiger partial charge < -0.3 is 40.1 Å². The van der Waals surface area contributed by atoms with Gasteiger partial charge >= 0.3 is 5.97 Å². The molecule has 1 heterocycles. The van der Waals surface area contributed by atoms with Crippen LogP contribution in [0.25, 0.3) is 0 Å². The Morgan fingerprint density at radius 2 is 1.10 bits per heavy atom. The van der Waals surface area contributed by atoms with Gasteiger partial charge in [0, 0.05) is 40.4 Å². The SMILES string of the molecule is CCCC[C@@H](C)C[C@@H]1NC(=O)[C@H](Cc2ccc(OC)cc2)N(C)C(=O)[C@H](CC(C)C)NC(=O)[C@H](CC(C)C)N(C)C(=O)[C@H](C[C@H](C)CCCC)NC(=O)[C@@H](CCC#N)OC(=O)[C@H](C)N(C)C1=O. The molecule has 0 aromatic heterocycles. The van der Waals surface area contributed by atoms with Crippen LogP contribution in [0.15, 0.2) is 24.3 Å². The molecule has 2 rings (SSSR count). The van der Waals surface area contributed by atoms with Crippen LogP contribution < -0.4 is 20.7 Å². The summed E-state index contributed by atoms with van der Waals surface area (Å²) in [4.78, 5) is 106. The zero-order chi connectivity index (χ0) is 50.5. The molecule has 1 fully saturated rings. The molecule has 0 spiro atoms. The van der Waals surface area contributed by atoms with E-state index in [9.17, 15) is 38.8 Å². The number of esters is 1. The number of benzene rings is 1. The maximum absolute atomic E-state index is 14.9. The van der Waals surface area contributed by atoms with Crippen molar-refractivity contribution in [2.24, 2.45) is 23.7 Å². The number of nitrogens with zero attached hydrogens (tertiary/aromatic N) is 4. The number of rotatable bonds is 19. The number of nitrogens with one attached hydrogen (secondary N) is 3. The summed E-state index contributed by atoms with van der Waals surface area (Å²) in [6.07, 6.45) is 4.24. The van der Waals surface area contributed by atoms with Crippen LogP contribution in [0.5, 0.6) is 5.75 Å². The zero-order valence-corrected chi connectivity index (χ0v) is 42.8. The average Bonchev–Trinajstić information content (AvgIpc) is 3.29. The molecule has 0 saturated carbocycles. The molecule has 16 heteroatoms. The number of hydrogen-bond acceptors (Lipinski definition) is 10. The Labute approximate surface area is 401 Å². The number of amides is 6. The molecule has 0 bridgehead atoms. The van der Waals surface area contributed by atoms with Crippen molar-refractivity contribution in [1.82, 2.24) is 30.7 Å². The van der Waals surface area contributed by atoms with Gasteiger partial charge in [0.05, 0.1) is 13.2 Å². The van der Waals surface area contributed by atoms with E-state index in [0.717, 1.165) is 38.5 Å². The Morgan fingerprint density at radius 3 is 1.57 bits per heavy atom. The third kappa shape index (κ3) is 18.4. The number of hydrogen-bond donors (Lipinski definition) is 3. The van der Waals surface area contributed by atoms with E-state index in [1.165, 1.54) is 42.8 Å². The molecular formula is C51H83N7O9. The first kappa shape index (κ1) is 57.9. The van der Waals surface area contributed by atoms with E-state index < -0.39 is 83.8 Å². The lowest BCUT2D eigenvalue weighted by Crippen LogP contribution is -2.60. The number of likely N-dealkylation sites (N-methyl/N-ethyl adjacent to an activating group) is 3. The van der Waals surface area contributed by atoms with Crippen molar-refractivity contribution in [2.75, 3.05) is 28.3 Å². The maximum atomic E-state index is 14.9. The molecule has 0 radical (unpaired) electrons. The van der Waals surface area contributed by atoms with Gasteiger partial charge in [0.2, 0.25) is 29.5 Å². The predicted octanol–water partition coefficient (Wildman–Crippen LogP) is 5.95. The van der Waals surface area contributed by atoms with Crippen molar-refractivity contribution in [3.8, 4) is 11.8 Å². The zero-order valence-electron chi connectivity index (χ0n) is 42.8. The van der Waals surface area contributed by atoms with Crippen LogP contribution in [0.2, 0.25) is 0 Å². The van der Waals surface area contributed by atoms with Crippen LogP contribution in [0.3, 0.4) is 0 Å². The first-order valence-corrected chi connectivity index (χ1v) is 24.5. The highest BCUT2D eigenvalue weighted by Gasteiger charge is 2.40. The standard InChI is InChI=1S/C51H83N7O9/c1-14-16-19-34(7)29-40-48(62)56(10)36(9)51(65)67-44(21-18-26-52)47(61)55-41(30-35(8)20-17-15-2)50(64)57(11)42(28-33(5)6)45(59)53-39(27-32(3)4)49(63)58(12)43(46(60)54-40)31-37-22-24-38(66-13)25-23-37/h22-25,32-36,39-44H,14-21,27-31H2,1-13H3,(H,53,59)(H,54,60)(H,55,61)/t34-,35-,36+,39+,40+,41+,42+,43+,44-/m1/s1. The highest BCUT2D eigenvalue weighted by atomic mass is 16.5. The van der Waals surface area contributed by atoms with Crippen LogP contribution in [-0.2, 0) is 44.7 Å². The average molecular weight is 938 g/mol. The first-order valence-electron chi connectivity index (χ1n) is 24.5. The first-order chi connectivity index (χ1) is 31.6. The fourth-order valence-corrected chi connectivity index (χ4v) is 8.43. The smallest absolute Gasteiger partial charge is 0.329 e. The number of ether oxygens (including phenoxy) is 2. The van der Waals surface area contributed by atoms with E-state index in [1.54, 1.807) is 31.4 Å². The summed E-state index contributed by atoms with van der Waals surface area (Å²) in [7, 11) is 5.97. The van der Waals surface area contributed by atoms with Gasteiger partial charge in [-0.1, -0.05) is 106 Å². The monoisotopic (exact) mass is 938 g/mol. The summed E-state index contributed by atoms with van der Waals surface area (Å²) in [5, 5.41) is 18.3. The van der Waals surface area contributed by atoms with Gasteiger partial charge in [-0.3, -0.25) is 28.8 Å². The van der Waals surface area contributed by atoms with E-state index in [0.29, 0.717) is 11.3 Å². The minimum Gasteiger partial charge on any atom is -0.497 e. The summed E-state index contributed by atoms with van der Waals surface area (Å²) in [5.41, 5.74) is 0.702. The number of carbonyl (C=O) groups excluding carboxylic acids is 7. The molecule has 0 unspecified atom stereocenters. The normalized spacial score (nSPS) is 24.4. The summed E-state index contributed by atoms with van der Waals surface area (Å²) in [6, 6.07) is 2.22. The fourth-order valence-electron chi connectivity index (χ4n) is 8.43. The quantitative estimate of drug-likeness (QED) is 0.139. The van der Waals surface area contributed by atoms with Gasteiger partial charge in [0.15, 0.2) is 6.10 Å². The molecule has 1 aliphatic heterocycles. The second kappa shape index (κ2) is 28.9. The molecule has 1 aliphatic rings. The van der Waals surface area contributed by atoms with Crippen LogP contribution in [-0.4, -0.2) is 127 Å². The largest absolute Gasteiger partial charge is 0.497 e. The van der Waals surface area contributed by atoms with E-state index in [2.05, 4.69) is 29.8 Å². The molecule has 0 aliphatic carbocycles. The second-order valence-corrected chi connectivity index (χ2v) is 19.6. The second-order valence-electron chi connectivity index (χ2n) is 19.6. The van der Waals surface area contributed by atoms with Crippen molar-refractivity contribution in [3.05, 3.63) is 29.8 Å². The van der Waals surface area contributed by atoms with Crippen molar-refractivity contribution >= 4 is 41.4 Å². The van der Waals surface area contributed by atoms with Crippen molar-refractivity contribution < 1.29 is 43.0 Å². The van der Waals surface area contributed by atoms with Crippen LogP contribution in [0, 0.1) is 35.0 Å². The van der Waals surface area contributed by atoms with E-state index >= 15 is 0 Å². The van der Waals surface area contributed by atoms with Gasteiger partial charge in [-0.2, -0.15) is 5.26 Å². The van der Waals surface area contributed by atoms with E-state index in [4.69, 9.17) is 9.47 Å². The molecular weight excluding hydrogens is 855 g/mol. The number of unbranched alkanes of at least 4 members (excludes halogenated alkanes) is 2. The number of carbonyl (C=O) groups is 7. The summed E-state index contributed by atoms with van der Waals surface area (Å²) < 4.78 is 11.2. The van der Waals surface area contributed by atoms with Gasteiger partial charge in [-0.15, -0.1) is 0 Å². The van der Waals surface area contributed by atoms with Gasteiger partial charge in [-0.05, 0) is 74.0 Å². The summed E-state index contributed by atoms with van der Waals surface area (Å²) >= 11 is 0. The topological polar surface area (TPSA) is 208 Å². The highest BCUT2D eigenvalue weighted by Crippen LogP contribution is 2.23. The maximum Gasteiger partial charge on any atom is 0.329 e. The molecule has 9 atom stereocenters. The fraction of sp³-hybridized carbons (Fsp3) is 0.725. The Hall–Kier alpha value is -5.20.